The topological polar surface area (TPSA) is 0 Å². The van der Waals surface area contributed by atoms with Crippen LogP contribution in [0.15, 0.2) is 0 Å². The molecule has 0 bridgehead atoms. The predicted octanol–water partition coefficient (Wildman–Crippen LogP) is 3.63. The normalized spacial score (nSPS) is 1.56. The standard InChI is InChI=1S/5CH3.2ClH.Ti.Zr/h5*1H3;2*1H;;/q5*-1;;;+2;+4/p-2. The zero-order chi connectivity index (χ0) is 2.71. The van der Waals surface area contributed by atoms with Gasteiger partial charge in [0.1, 0.15) is 0 Å². The first kappa shape index (κ1) is 66.3. The molecule has 0 unspecified atom stereocenters. The van der Waals surface area contributed by atoms with Crippen molar-refractivity contribution in [2.75, 3.05) is 0 Å². The van der Waals surface area contributed by atoms with Crippen molar-refractivity contribution in [2.24, 2.45) is 0 Å². The van der Waals surface area contributed by atoms with Gasteiger partial charge in [-0.25, -0.2) is 0 Å². The van der Waals surface area contributed by atoms with E-state index in [0.717, 1.165) is 0 Å². The second-order valence-electron chi connectivity index (χ2n) is 0.0714. The van der Waals surface area contributed by atoms with Gasteiger partial charge in [0.15, 0.2) is 0 Å². The van der Waals surface area contributed by atoms with Gasteiger partial charge in [-0.3, -0.25) is 0 Å². The summed E-state index contributed by atoms with van der Waals surface area (Å²) in [4.78, 5) is 0. The van der Waals surface area contributed by atoms with Gasteiger partial charge in [-0.15, -0.1) is 0 Å². The number of hydrogen-bond acceptors (Lipinski definition) is 0. The molecule has 0 spiro atoms. The van der Waals surface area contributed by atoms with Crippen LogP contribution < -0.4 is 0 Å². The van der Waals surface area contributed by atoms with Gasteiger partial charge in [0.25, 0.3) is 0 Å². The molecule has 0 N–H and O–H groups in total. The van der Waals surface area contributed by atoms with Crippen molar-refractivity contribution in [3.8, 4) is 0 Å². The molecule has 4 heteroatoms. The van der Waals surface area contributed by atoms with Crippen LogP contribution in [0.25, 0.3) is 0 Å². The Balaban J connectivity index is -0.00000000133. The summed E-state index contributed by atoms with van der Waals surface area (Å²) >= 11 is -0.556. The molecule has 0 aromatic carbocycles. The van der Waals surface area contributed by atoms with E-state index in [2.05, 4.69) is 0 Å². The van der Waals surface area contributed by atoms with Gasteiger partial charge in [-0.05, 0) is 0 Å². The largest absolute Gasteiger partial charge is 4.00 e. The van der Waals surface area contributed by atoms with Gasteiger partial charge < -0.3 is 37.1 Å². The zero-order valence-corrected chi connectivity index (χ0v) is 12.3. The summed E-state index contributed by atoms with van der Waals surface area (Å²) in [6, 6.07) is 0. The van der Waals surface area contributed by atoms with Crippen molar-refractivity contribution in [3.05, 3.63) is 37.1 Å². The van der Waals surface area contributed by atoms with E-state index in [9.17, 15) is 0 Å². The van der Waals surface area contributed by atoms with Crippen LogP contribution in [0.1, 0.15) is 0 Å². The second-order valence-corrected chi connectivity index (χ2v) is 2.65. The van der Waals surface area contributed by atoms with E-state index in [1.165, 1.54) is 0 Å². The van der Waals surface area contributed by atoms with Crippen LogP contribution in [0.4, 0.5) is 0 Å². The maximum atomic E-state index is 4.89. The summed E-state index contributed by atoms with van der Waals surface area (Å²) in [5.74, 6) is 0. The van der Waals surface area contributed by atoms with Gasteiger partial charge >= 0.3 is 61.8 Å². The van der Waals surface area contributed by atoms with E-state index in [0.29, 0.717) is 0 Å². The van der Waals surface area contributed by atoms with Crippen LogP contribution in [-0.2, 0) is 43.2 Å². The Morgan fingerprint density at radius 2 is 0.667 bits per heavy atom. The fraction of sp³-hybridized carbons (Fsp3) is 0. The van der Waals surface area contributed by atoms with E-state index in [-0.39, 0.29) is 63.3 Å². The average molecular weight is 285 g/mol. The van der Waals surface area contributed by atoms with E-state index >= 15 is 0 Å². The maximum Gasteiger partial charge on any atom is 4.00 e. The van der Waals surface area contributed by atoms with Crippen LogP contribution in [-0.4, -0.2) is 0 Å². The summed E-state index contributed by atoms with van der Waals surface area (Å²) in [6.07, 6.45) is 0. The van der Waals surface area contributed by atoms with Crippen LogP contribution in [0.3, 0.4) is 0 Å². The Morgan fingerprint density at radius 3 is 0.667 bits per heavy atom. The third-order valence-electron chi connectivity index (χ3n) is 0. The summed E-state index contributed by atoms with van der Waals surface area (Å²) in [5, 5.41) is 0. The van der Waals surface area contributed by atoms with Crippen molar-refractivity contribution in [1.29, 1.82) is 0 Å². The van der Waals surface area contributed by atoms with E-state index in [4.69, 9.17) is 18.6 Å². The first-order valence-electron chi connectivity index (χ1n) is 0.378. The molecule has 0 rings (SSSR count). The molecule has 0 aromatic rings. The van der Waals surface area contributed by atoms with Crippen molar-refractivity contribution in [3.63, 3.8) is 0 Å². The number of rotatable bonds is 0. The zero-order valence-electron chi connectivity index (χ0n) is 6.76. The van der Waals surface area contributed by atoms with Crippen molar-refractivity contribution in [1.82, 2.24) is 0 Å². The van der Waals surface area contributed by atoms with Crippen molar-refractivity contribution >= 4 is 18.6 Å². The van der Waals surface area contributed by atoms with Gasteiger partial charge in [-0.2, -0.15) is 0 Å². The van der Waals surface area contributed by atoms with Gasteiger partial charge in [0, 0.05) is 0 Å². The Kier molecular flexibility index (Phi) is 626. The van der Waals surface area contributed by atoms with E-state index < -0.39 is 17.0 Å². The van der Waals surface area contributed by atoms with Crippen LogP contribution in [0, 0.1) is 37.1 Å². The minimum atomic E-state index is -0.556. The molecule has 58 valence electrons. The van der Waals surface area contributed by atoms with Crippen LogP contribution >= 0.6 is 18.6 Å². The Hall–Kier alpha value is 2.18. The van der Waals surface area contributed by atoms with Gasteiger partial charge in [0.2, 0.25) is 0 Å². The first-order valence-corrected chi connectivity index (χ1v) is 4.68. The van der Waals surface area contributed by atoms with Crippen LogP contribution in [0.2, 0.25) is 0 Å². The fourth-order valence-electron chi connectivity index (χ4n) is 0. The number of halogens is 2. The molecular formula is C5H15Cl2TiZr-. The Labute approximate surface area is 97.9 Å². The first-order chi connectivity index (χ1) is 1.41. The summed E-state index contributed by atoms with van der Waals surface area (Å²) < 4.78 is 0. The molecule has 0 aliphatic rings. The molecule has 0 aromatic heterocycles. The summed E-state index contributed by atoms with van der Waals surface area (Å²) in [5.41, 5.74) is 0. The monoisotopic (exact) mass is 283 g/mol. The Bertz CT molecular complexity index is 14.9. The quantitative estimate of drug-likeness (QED) is 0.471. The van der Waals surface area contributed by atoms with Gasteiger partial charge in [0.05, 0.1) is 0 Å². The third kappa shape index (κ3) is 144. The van der Waals surface area contributed by atoms with Gasteiger partial charge in [-0.1, -0.05) is 0 Å². The average Bonchev–Trinajstić information content (AvgIpc) is 0.918. The Morgan fingerprint density at radius 1 is 0.667 bits per heavy atom. The molecule has 0 aliphatic carbocycles. The molecule has 0 saturated carbocycles. The molecule has 0 heterocycles. The maximum absolute atomic E-state index is 4.89. The molecular weight excluding hydrogens is 270 g/mol. The molecule has 9 heavy (non-hydrogen) atoms. The molecule has 0 fully saturated rings. The van der Waals surface area contributed by atoms with E-state index in [1.807, 2.05) is 0 Å². The molecule has 0 aliphatic heterocycles. The minimum Gasteiger partial charge on any atom is 4.00 e. The van der Waals surface area contributed by atoms with Crippen molar-refractivity contribution in [2.45, 2.75) is 0 Å². The molecule has 0 nitrogen and oxygen atoms in total. The summed E-state index contributed by atoms with van der Waals surface area (Å²) in [6.45, 7) is 0. The van der Waals surface area contributed by atoms with Crippen LogP contribution in [0.5, 0.6) is 0 Å². The fourth-order valence-corrected chi connectivity index (χ4v) is 0. The van der Waals surface area contributed by atoms with E-state index in [1.54, 1.807) is 0 Å². The molecule has 0 saturated heterocycles. The summed E-state index contributed by atoms with van der Waals surface area (Å²) in [7, 11) is 9.78. The second kappa shape index (κ2) is 84.9. The molecule has 0 atom stereocenters. The molecule has 0 radical (unpaired) electrons. The van der Waals surface area contributed by atoms with Crippen molar-refractivity contribution < 1.29 is 43.2 Å². The third-order valence-corrected chi connectivity index (χ3v) is 0. The smallest absolute Gasteiger partial charge is 4.00 e. The predicted molar refractivity (Wildman–Crippen MR) is 43.8 cm³/mol. The molecule has 0 amide bonds. The minimum absolute atomic E-state index is 0. The SMILES string of the molecule is [CH3-].[CH3-].[CH3-].[CH3-].[CH3-].[Cl][Ti][Cl].[Zr+4]. The number of hydrogen-bond donors (Lipinski definition) is 0.